The van der Waals surface area contributed by atoms with E-state index in [1.807, 2.05) is 0 Å². The zero-order valence-electron chi connectivity index (χ0n) is 6.20. The number of rotatable bonds is 1. The van der Waals surface area contributed by atoms with E-state index in [9.17, 15) is 8.78 Å². The van der Waals surface area contributed by atoms with E-state index < -0.39 is 11.6 Å². The second-order valence-corrected chi connectivity index (χ2v) is 2.90. The molecule has 1 rings (SSSR count). The number of hydrogen-bond acceptors (Lipinski definition) is 2. The molecule has 1 aromatic carbocycles. The van der Waals surface area contributed by atoms with Crippen molar-refractivity contribution >= 4 is 21.6 Å². The van der Waals surface area contributed by atoms with Gasteiger partial charge >= 0.3 is 0 Å². The summed E-state index contributed by atoms with van der Waals surface area (Å²) < 4.78 is 30.3. The van der Waals surface area contributed by atoms with Gasteiger partial charge in [-0.2, -0.15) is 4.39 Å². The van der Waals surface area contributed by atoms with E-state index in [1.54, 1.807) is 0 Å². The Labute approximate surface area is 76.4 Å². The maximum atomic E-state index is 12.9. The number of anilines is 1. The highest BCUT2D eigenvalue weighted by atomic mass is 79.9. The molecule has 0 radical (unpaired) electrons. The van der Waals surface area contributed by atoms with E-state index in [1.165, 1.54) is 7.11 Å². The van der Waals surface area contributed by atoms with E-state index >= 15 is 0 Å². The highest BCUT2D eigenvalue weighted by Crippen LogP contribution is 2.34. The van der Waals surface area contributed by atoms with Crippen LogP contribution in [-0.4, -0.2) is 7.11 Å². The van der Waals surface area contributed by atoms with Gasteiger partial charge in [-0.05, 0) is 15.9 Å². The van der Waals surface area contributed by atoms with Crippen LogP contribution in [0.2, 0.25) is 0 Å². The largest absolute Gasteiger partial charge is 0.492 e. The monoisotopic (exact) mass is 237 g/mol. The lowest BCUT2D eigenvalue weighted by Crippen LogP contribution is -1.97. The summed E-state index contributed by atoms with van der Waals surface area (Å²) >= 11 is 2.97. The Kier molecular flexibility index (Phi) is 2.52. The molecule has 5 heteroatoms. The standard InChI is InChI=1S/C7H6BrF2NO/c1-12-7-5(8)4(11)2-3(9)6(7)10/h2H,11H2,1H3. The minimum Gasteiger partial charge on any atom is -0.492 e. The van der Waals surface area contributed by atoms with E-state index in [2.05, 4.69) is 20.7 Å². The van der Waals surface area contributed by atoms with Crippen LogP contribution in [0.3, 0.4) is 0 Å². The fourth-order valence-electron chi connectivity index (χ4n) is 0.778. The Balaban J connectivity index is 3.42. The highest BCUT2D eigenvalue weighted by molar-refractivity contribution is 9.10. The Bertz CT molecular complexity index is 291. The van der Waals surface area contributed by atoms with E-state index in [4.69, 9.17) is 5.73 Å². The Morgan fingerprint density at radius 3 is 2.58 bits per heavy atom. The molecule has 0 bridgehead atoms. The number of halogens is 3. The number of hydrogen-bond donors (Lipinski definition) is 1. The molecule has 12 heavy (non-hydrogen) atoms. The molecular weight excluding hydrogens is 232 g/mol. The minimum absolute atomic E-state index is 0.103. The molecule has 0 saturated heterocycles. The first-order valence-electron chi connectivity index (χ1n) is 3.05. The van der Waals surface area contributed by atoms with Crippen molar-refractivity contribution in [2.45, 2.75) is 0 Å². The predicted octanol–water partition coefficient (Wildman–Crippen LogP) is 2.32. The van der Waals surface area contributed by atoms with Gasteiger partial charge in [0.2, 0.25) is 5.82 Å². The van der Waals surface area contributed by atoms with Crippen LogP contribution >= 0.6 is 15.9 Å². The molecular formula is C7H6BrF2NO. The second kappa shape index (κ2) is 3.26. The van der Waals surface area contributed by atoms with Gasteiger partial charge in [0, 0.05) is 6.07 Å². The zero-order valence-corrected chi connectivity index (χ0v) is 7.78. The van der Waals surface area contributed by atoms with Crippen LogP contribution in [0.1, 0.15) is 0 Å². The summed E-state index contributed by atoms with van der Waals surface area (Å²) in [5.74, 6) is -2.28. The smallest absolute Gasteiger partial charge is 0.201 e. The second-order valence-electron chi connectivity index (χ2n) is 2.11. The Morgan fingerprint density at radius 1 is 1.50 bits per heavy atom. The number of methoxy groups -OCH3 is 1. The van der Waals surface area contributed by atoms with Crippen LogP contribution in [0, 0.1) is 11.6 Å². The van der Waals surface area contributed by atoms with Gasteiger partial charge in [-0.15, -0.1) is 0 Å². The van der Waals surface area contributed by atoms with Crippen LogP contribution in [0.15, 0.2) is 10.5 Å². The van der Waals surface area contributed by atoms with Gasteiger partial charge in [-0.3, -0.25) is 0 Å². The topological polar surface area (TPSA) is 35.2 Å². The molecule has 0 saturated carbocycles. The first-order valence-corrected chi connectivity index (χ1v) is 3.84. The number of ether oxygens (including phenoxy) is 1. The molecule has 0 fully saturated rings. The van der Waals surface area contributed by atoms with Crippen LogP contribution < -0.4 is 10.5 Å². The van der Waals surface area contributed by atoms with E-state index in [0.717, 1.165) is 6.07 Å². The maximum Gasteiger partial charge on any atom is 0.201 e. The first-order chi connectivity index (χ1) is 5.57. The molecule has 0 heterocycles. The lowest BCUT2D eigenvalue weighted by atomic mass is 10.3. The number of nitrogens with two attached hydrogens (primary N) is 1. The maximum absolute atomic E-state index is 12.9. The summed E-state index contributed by atoms with van der Waals surface area (Å²) in [5, 5.41) is 0. The first kappa shape index (κ1) is 9.25. The van der Waals surface area contributed by atoms with Crippen molar-refractivity contribution in [3.63, 3.8) is 0 Å². The van der Waals surface area contributed by atoms with E-state index in [-0.39, 0.29) is 15.9 Å². The normalized spacial score (nSPS) is 10.0. The third kappa shape index (κ3) is 1.36. The van der Waals surface area contributed by atoms with Crippen LogP contribution in [0.5, 0.6) is 5.75 Å². The lowest BCUT2D eigenvalue weighted by molar-refractivity contribution is 0.369. The van der Waals surface area contributed by atoms with Gasteiger partial charge < -0.3 is 10.5 Å². The van der Waals surface area contributed by atoms with Crippen LogP contribution in [0.4, 0.5) is 14.5 Å². The summed E-state index contributed by atoms with van der Waals surface area (Å²) in [7, 11) is 1.24. The average molecular weight is 238 g/mol. The zero-order chi connectivity index (χ0) is 9.30. The average Bonchev–Trinajstić information content (AvgIpc) is 2.02. The van der Waals surface area contributed by atoms with Crippen molar-refractivity contribution in [3.8, 4) is 5.75 Å². The van der Waals surface area contributed by atoms with Gasteiger partial charge in [0.05, 0.1) is 17.3 Å². The minimum atomic E-state index is -1.04. The van der Waals surface area contributed by atoms with Crippen LogP contribution in [-0.2, 0) is 0 Å². The molecule has 1 aromatic rings. The third-order valence-electron chi connectivity index (χ3n) is 1.35. The van der Waals surface area contributed by atoms with Gasteiger partial charge in [0.25, 0.3) is 0 Å². The van der Waals surface area contributed by atoms with Crippen molar-refractivity contribution < 1.29 is 13.5 Å². The molecule has 2 nitrogen and oxygen atoms in total. The van der Waals surface area contributed by atoms with Crippen LogP contribution in [0.25, 0.3) is 0 Å². The molecule has 0 unspecified atom stereocenters. The SMILES string of the molecule is COc1c(F)c(F)cc(N)c1Br. The number of nitrogen functional groups attached to an aromatic ring is 1. The Morgan fingerprint density at radius 2 is 2.08 bits per heavy atom. The fraction of sp³-hybridized carbons (Fsp3) is 0.143. The van der Waals surface area contributed by atoms with Crippen molar-refractivity contribution in [3.05, 3.63) is 22.2 Å². The molecule has 0 aromatic heterocycles. The van der Waals surface area contributed by atoms with Crippen molar-refractivity contribution in [1.82, 2.24) is 0 Å². The molecule has 66 valence electrons. The quantitative estimate of drug-likeness (QED) is 0.601. The summed E-state index contributed by atoms with van der Waals surface area (Å²) in [5.41, 5.74) is 5.43. The Hall–Kier alpha value is -0.840. The van der Waals surface area contributed by atoms with Gasteiger partial charge in [0.1, 0.15) is 0 Å². The lowest BCUT2D eigenvalue weighted by Gasteiger charge is -2.07. The van der Waals surface area contributed by atoms with E-state index in [0.29, 0.717) is 0 Å². The fourth-order valence-corrected chi connectivity index (χ4v) is 1.23. The molecule has 0 atom stereocenters. The molecule has 0 spiro atoms. The van der Waals surface area contributed by atoms with Gasteiger partial charge in [-0.1, -0.05) is 0 Å². The molecule has 0 amide bonds. The molecule has 0 aliphatic carbocycles. The third-order valence-corrected chi connectivity index (χ3v) is 2.17. The highest BCUT2D eigenvalue weighted by Gasteiger charge is 2.15. The molecule has 0 aliphatic heterocycles. The van der Waals surface area contributed by atoms with Gasteiger partial charge in [0.15, 0.2) is 11.6 Å². The van der Waals surface area contributed by atoms with Gasteiger partial charge in [-0.25, -0.2) is 4.39 Å². The predicted molar refractivity (Wildman–Crippen MR) is 45.0 cm³/mol. The van der Waals surface area contributed by atoms with Crippen molar-refractivity contribution in [2.24, 2.45) is 0 Å². The molecule has 0 aliphatic rings. The summed E-state index contributed by atoms with van der Waals surface area (Å²) in [6, 6.07) is 0.891. The molecule has 2 N–H and O–H groups in total. The summed E-state index contributed by atoms with van der Waals surface area (Å²) in [6.45, 7) is 0. The summed E-state index contributed by atoms with van der Waals surface area (Å²) in [4.78, 5) is 0. The van der Waals surface area contributed by atoms with Crippen molar-refractivity contribution in [1.29, 1.82) is 0 Å². The van der Waals surface area contributed by atoms with Crippen molar-refractivity contribution in [2.75, 3.05) is 12.8 Å². The number of benzene rings is 1. The summed E-state index contributed by atoms with van der Waals surface area (Å²) in [6.07, 6.45) is 0.